The molecule has 2 aromatic carbocycles. The number of benzene rings is 2. The molecule has 2 nitrogen and oxygen atoms in total. The molecule has 2 aromatic rings. The van der Waals surface area contributed by atoms with Crippen molar-refractivity contribution in [2.45, 2.75) is 24.9 Å². The number of hydrogen-bond acceptors (Lipinski definition) is 1. The van der Waals surface area contributed by atoms with Crippen LogP contribution in [0.4, 0.5) is 5.69 Å². The van der Waals surface area contributed by atoms with Crippen molar-refractivity contribution >= 4 is 17.3 Å². The Morgan fingerprint density at radius 3 is 2.19 bits per heavy atom. The maximum absolute atomic E-state index is 10.1. The molecule has 3 rings (SSSR count). The smallest absolute Gasteiger partial charge is 0.0896 e. The zero-order valence-electron chi connectivity index (χ0n) is 12.1. The van der Waals surface area contributed by atoms with Crippen LogP contribution in [-0.2, 0) is 38.3 Å². The summed E-state index contributed by atoms with van der Waals surface area (Å²) in [6, 6.07) is 18.0. The Morgan fingerprint density at radius 1 is 1.14 bits per heavy atom. The van der Waals surface area contributed by atoms with E-state index in [1.807, 2.05) is 42.5 Å². The Kier molecular flexibility index (Phi) is 7.90. The molecule has 1 saturated carbocycles. The summed E-state index contributed by atoms with van der Waals surface area (Å²) in [4.78, 5) is 0. The number of halogens is 1. The molecule has 0 atom stereocenters. The van der Waals surface area contributed by atoms with Gasteiger partial charge in [0.25, 0.3) is 0 Å². The van der Waals surface area contributed by atoms with Crippen molar-refractivity contribution in [3.8, 4) is 0 Å². The summed E-state index contributed by atoms with van der Waals surface area (Å²) in [5, 5.41) is 14.8. The fourth-order valence-electron chi connectivity index (χ4n) is 2.11. The maximum atomic E-state index is 10.1. The summed E-state index contributed by atoms with van der Waals surface area (Å²) < 4.78 is 0. The zero-order valence-corrected chi connectivity index (χ0v) is 15.7. The standard InChI is InChI=1S/C11H13ClNO.C6H5.Y/c1-13-10-6-8(5-9(12)7-10)11(14)3-2-4-11;1-2-4-6-5-3-1;/h5-7,14H,2-4H2,1H3;1-5H;/q2*-1;. The predicted molar refractivity (Wildman–Crippen MR) is 83.4 cm³/mol. The molecule has 0 aliphatic heterocycles. The fourth-order valence-corrected chi connectivity index (χ4v) is 2.34. The van der Waals surface area contributed by atoms with Crippen LogP contribution >= 0.6 is 11.6 Å². The van der Waals surface area contributed by atoms with Gasteiger partial charge in [-0.2, -0.15) is 36.4 Å². The molecule has 4 heteroatoms. The van der Waals surface area contributed by atoms with E-state index in [2.05, 4.69) is 11.4 Å². The number of nitrogens with zero attached hydrogens (tertiary/aromatic N) is 1. The molecular formula is C17H18ClNOY-2. The molecule has 1 N–H and O–H groups in total. The largest absolute Gasteiger partial charge is 0.687 e. The number of hydrogen-bond donors (Lipinski definition) is 1. The van der Waals surface area contributed by atoms with Crippen molar-refractivity contribution in [1.82, 2.24) is 0 Å². The molecule has 109 valence electrons. The molecule has 0 unspecified atom stereocenters. The zero-order chi connectivity index (χ0) is 14.4. The van der Waals surface area contributed by atoms with Gasteiger partial charge in [-0.3, -0.25) is 0 Å². The van der Waals surface area contributed by atoms with Gasteiger partial charge in [-0.15, -0.1) is 12.7 Å². The van der Waals surface area contributed by atoms with E-state index in [0.29, 0.717) is 5.02 Å². The van der Waals surface area contributed by atoms with Crippen LogP contribution in [0.3, 0.4) is 0 Å². The minimum atomic E-state index is -0.648. The molecule has 0 amide bonds. The molecule has 0 bridgehead atoms. The molecule has 1 aliphatic carbocycles. The van der Waals surface area contributed by atoms with Crippen molar-refractivity contribution in [1.29, 1.82) is 0 Å². The topological polar surface area (TPSA) is 34.3 Å². The van der Waals surface area contributed by atoms with Crippen LogP contribution in [0.1, 0.15) is 24.8 Å². The first-order valence-corrected chi connectivity index (χ1v) is 7.06. The van der Waals surface area contributed by atoms with Crippen molar-refractivity contribution in [2.75, 3.05) is 7.05 Å². The summed E-state index contributed by atoms with van der Waals surface area (Å²) in [5.74, 6) is 0. The molecule has 0 aromatic heterocycles. The Bertz CT molecular complexity index is 517. The summed E-state index contributed by atoms with van der Waals surface area (Å²) in [6.45, 7) is 0. The van der Waals surface area contributed by atoms with Crippen LogP contribution in [0, 0.1) is 6.07 Å². The van der Waals surface area contributed by atoms with Gasteiger partial charge in [-0.25, -0.2) is 0 Å². The number of rotatable bonds is 2. The van der Waals surface area contributed by atoms with Crippen LogP contribution < -0.4 is 0 Å². The fraction of sp³-hybridized carbons (Fsp3) is 0.294. The van der Waals surface area contributed by atoms with Crippen molar-refractivity contribution in [2.24, 2.45) is 0 Å². The van der Waals surface area contributed by atoms with E-state index >= 15 is 0 Å². The second kappa shape index (κ2) is 8.90. The van der Waals surface area contributed by atoms with Gasteiger partial charge in [0.1, 0.15) is 0 Å². The second-order valence-electron chi connectivity index (χ2n) is 4.88. The third-order valence-corrected chi connectivity index (χ3v) is 3.68. The van der Waals surface area contributed by atoms with Gasteiger partial charge in [0.15, 0.2) is 0 Å². The quantitative estimate of drug-likeness (QED) is 0.748. The normalized spacial score (nSPS) is 14.8. The first-order chi connectivity index (χ1) is 9.64. The van der Waals surface area contributed by atoms with E-state index < -0.39 is 5.60 Å². The van der Waals surface area contributed by atoms with Crippen LogP contribution in [0.2, 0.25) is 5.02 Å². The summed E-state index contributed by atoms with van der Waals surface area (Å²) in [7, 11) is 1.72. The van der Waals surface area contributed by atoms with Gasteiger partial charge >= 0.3 is 0 Å². The predicted octanol–water partition coefficient (Wildman–Crippen LogP) is 4.83. The average molecular weight is 377 g/mol. The summed E-state index contributed by atoms with van der Waals surface area (Å²) >= 11 is 5.94. The summed E-state index contributed by atoms with van der Waals surface area (Å²) in [6.07, 6.45) is 2.74. The van der Waals surface area contributed by atoms with Crippen LogP contribution in [-0.4, -0.2) is 12.2 Å². The molecular weight excluding hydrogens is 359 g/mol. The third kappa shape index (κ3) is 5.37. The van der Waals surface area contributed by atoms with Crippen LogP contribution in [0.5, 0.6) is 0 Å². The van der Waals surface area contributed by atoms with Gasteiger partial charge in [0, 0.05) is 37.7 Å². The minimum Gasteiger partial charge on any atom is -0.687 e. The first-order valence-electron chi connectivity index (χ1n) is 6.68. The van der Waals surface area contributed by atoms with Crippen LogP contribution in [0.25, 0.3) is 5.32 Å². The van der Waals surface area contributed by atoms with Crippen molar-refractivity contribution in [3.63, 3.8) is 0 Å². The first kappa shape index (κ1) is 18.6. The Morgan fingerprint density at radius 2 is 1.81 bits per heavy atom. The van der Waals surface area contributed by atoms with Gasteiger partial charge in [-0.05, 0) is 30.9 Å². The molecule has 1 radical (unpaired) electrons. The van der Waals surface area contributed by atoms with E-state index in [9.17, 15) is 5.11 Å². The Balaban J connectivity index is 0.000000267. The Labute approximate surface area is 156 Å². The SMILES string of the molecule is C[N-]c1cc(Cl)cc(C2(O)CCC2)c1.[Y].[c-]1ccccc1. The van der Waals surface area contributed by atoms with E-state index in [1.165, 1.54) is 0 Å². The molecule has 21 heavy (non-hydrogen) atoms. The van der Waals surface area contributed by atoms with Crippen molar-refractivity contribution in [3.05, 3.63) is 70.5 Å². The van der Waals surface area contributed by atoms with Gasteiger partial charge in [0.05, 0.1) is 5.60 Å². The van der Waals surface area contributed by atoms with Crippen molar-refractivity contribution < 1.29 is 37.8 Å². The van der Waals surface area contributed by atoms with Gasteiger partial charge in [0.2, 0.25) is 0 Å². The van der Waals surface area contributed by atoms with Crippen LogP contribution in [0.15, 0.2) is 48.5 Å². The Hall–Kier alpha value is -0.406. The van der Waals surface area contributed by atoms with Gasteiger partial charge in [-0.1, -0.05) is 23.7 Å². The molecule has 0 heterocycles. The van der Waals surface area contributed by atoms with E-state index in [4.69, 9.17) is 11.6 Å². The third-order valence-electron chi connectivity index (χ3n) is 3.47. The van der Waals surface area contributed by atoms with E-state index in [1.54, 1.807) is 13.1 Å². The second-order valence-corrected chi connectivity index (χ2v) is 5.32. The number of aliphatic hydroxyl groups is 1. The minimum absolute atomic E-state index is 0. The van der Waals surface area contributed by atoms with E-state index in [-0.39, 0.29) is 32.7 Å². The van der Waals surface area contributed by atoms with E-state index in [0.717, 1.165) is 30.5 Å². The maximum Gasteiger partial charge on any atom is 0.0896 e. The molecule has 0 spiro atoms. The average Bonchev–Trinajstić information content (AvgIpc) is 2.46. The monoisotopic (exact) mass is 376 g/mol. The summed E-state index contributed by atoms with van der Waals surface area (Å²) in [5.41, 5.74) is 1.08. The van der Waals surface area contributed by atoms with Gasteiger partial charge < -0.3 is 10.4 Å². The molecule has 1 aliphatic rings. The molecule has 1 fully saturated rings. The molecule has 0 saturated heterocycles.